The van der Waals surface area contributed by atoms with Crippen molar-refractivity contribution in [2.45, 2.75) is 25.8 Å². The Morgan fingerprint density at radius 3 is 2.29 bits per heavy atom. The van der Waals surface area contributed by atoms with Gasteiger partial charge in [-0.3, -0.25) is 4.79 Å². The molecule has 3 rings (SSSR count). The van der Waals surface area contributed by atoms with Gasteiger partial charge in [-0.25, -0.2) is 0 Å². The summed E-state index contributed by atoms with van der Waals surface area (Å²) in [7, 11) is 4.85. The Balaban J connectivity index is 1.96. The summed E-state index contributed by atoms with van der Waals surface area (Å²) in [5.41, 5.74) is 2.17. The molecule has 2 aromatic carbocycles. The van der Waals surface area contributed by atoms with Gasteiger partial charge in [0, 0.05) is 13.0 Å². The number of amides is 1. The summed E-state index contributed by atoms with van der Waals surface area (Å²) in [4.78, 5) is 14.5. The Morgan fingerprint density at radius 2 is 1.64 bits per heavy atom. The molecule has 150 valence electrons. The van der Waals surface area contributed by atoms with Crippen LogP contribution in [0.4, 0.5) is 0 Å². The number of ether oxygens (including phenoxy) is 4. The molecule has 2 aromatic rings. The molecule has 0 aliphatic carbocycles. The van der Waals surface area contributed by atoms with Crippen LogP contribution in [0, 0.1) is 0 Å². The van der Waals surface area contributed by atoms with Gasteiger partial charge >= 0.3 is 0 Å². The van der Waals surface area contributed by atoms with Crippen molar-refractivity contribution >= 4 is 5.91 Å². The largest absolute Gasteiger partial charge is 0.493 e. The first-order valence-electron chi connectivity index (χ1n) is 9.43. The number of nitrogens with zero attached hydrogens (tertiary/aromatic N) is 1. The maximum Gasteiger partial charge on any atom is 0.222 e. The third kappa shape index (κ3) is 3.86. The van der Waals surface area contributed by atoms with Crippen LogP contribution < -0.4 is 18.9 Å². The monoisotopic (exact) mass is 385 g/mol. The van der Waals surface area contributed by atoms with Crippen LogP contribution in [0.5, 0.6) is 23.0 Å². The fourth-order valence-corrected chi connectivity index (χ4v) is 3.62. The van der Waals surface area contributed by atoms with E-state index >= 15 is 0 Å². The summed E-state index contributed by atoms with van der Waals surface area (Å²) in [6.45, 7) is 2.86. The first kappa shape index (κ1) is 19.9. The van der Waals surface area contributed by atoms with Crippen molar-refractivity contribution in [2.24, 2.45) is 0 Å². The molecule has 0 aromatic heterocycles. The van der Waals surface area contributed by atoms with E-state index in [0.29, 0.717) is 42.6 Å². The number of carbonyl (C=O) groups is 1. The van der Waals surface area contributed by atoms with E-state index in [-0.39, 0.29) is 11.9 Å². The zero-order valence-electron chi connectivity index (χ0n) is 16.9. The summed E-state index contributed by atoms with van der Waals surface area (Å²) < 4.78 is 22.4. The summed E-state index contributed by atoms with van der Waals surface area (Å²) in [5.74, 6) is 2.77. The molecule has 0 saturated carbocycles. The van der Waals surface area contributed by atoms with E-state index in [9.17, 15) is 4.79 Å². The number of hydrogen-bond acceptors (Lipinski definition) is 5. The van der Waals surface area contributed by atoms with E-state index in [1.54, 1.807) is 21.3 Å². The number of carbonyl (C=O) groups excluding carboxylic acids is 1. The Kier molecular flexibility index (Phi) is 6.29. The number of hydrogen-bond donors (Lipinski definition) is 0. The van der Waals surface area contributed by atoms with Gasteiger partial charge in [-0.15, -0.1) is 0 Å². The van der Waals surface area contributed by atoms with E-state index in [4.69, 9.17) is 18.9 Å². The molecular weight excluding hydrogens is 358 g/mol. The maximum atomic E-state index is 12.6. The molecule has 1 aliphatic rings. The fourth-order valence-electron chi connectivity index (χ4n) is 3.62. The molecule has 6 heteroatoms. The van der Waals surface area contributed by atoms with Crippen LogP contribution in [0.1, 0.15) is 30.5 Å². The highest BCUT2D eigenvalue weighted by Crippen LogP contribution is 2.39. The predicted octanol–water partition coefficient (Wildman–Crippen LogP) is 3.63. The standard InChI is InChI=1S/C22H27NO5/c1-5-22(24)23-11-10-15-12-20(26-3)21(27-4)13-16(15)17(23)14-28-19-9-7-6-8-18(19)25-2/h6-9,12-13,17H,5,10-11,14H2,1-4H3/t17-/m0/s1. The highest BCUT2D eigenvalue weighted by Gasteiger charge is 2.32. The lowest BCUT2D eigenvalue weighted by Gasteiger charge is -2.37. The Labute approximate surface area is 166 Å². The van der Waals surface area contributed by atoms with Crippen molar-refractivity contribution in [1.29, 1.82) is 0 Å². The van der Waals surface area contributed by atoms with E-state index < -0.39 is 0 Å². The van der Waals surface area contributed by atoms with Crippen LogP contribution >= 0.6 is 0 Å². The van der Waals surface area contributed by atoms with Gasteiger partial charge in [0.25, 0.3) is 0 Å². The molecule has 28 heavy (non-hydrogen) atoms. The summed E-state index contributed by atoms with van der Waals surface area (Å²) in [6, 6.07) is 11.3. The Morgan fingerprint density at radius 1 is 1.00 bits per heavy atom. The van der Waals surface area contributed by atoms with Crippen molar-refractivity contribution in [3.8, 4) is 23.0 Å². The first-order valence-corrected chi connectivity index (χ1v) is 9.43. The highest BCUT2D eigenvalue weighted by atomic mass is 16.5. The fraction of sp³-hybridized carbons (Fsp3) is 0.409. The average molecular weight is 385 g/mol. The molecule has 0 N–H and O–H groups in total. The number of methoxy groups -OCH3 is 3. The quantitative estimate of drug-likeness (QED) is 0.729. The number of para-hydroxylation sites is 2. The van der Waals surface area contributed by atoms with Gasteiger partial charge in [-0.05, 0) is 41.8 Å². The first-order chi connectivity index (χ1) is 13.6. The minimum Gasteiger partial charge on any atom is -0.493 e. The highest BCUT2D eigenvalue weighted by molar-refractivity contribution is 5.77. The average Bonchev–Trinajstić information content (AvgIpc) is 2.75. The molecule has 0 fully saturated rings. The smallest absolute Gasteiger partial charge is 0.222 e. The minimum absolute atomic E-state index is 0.106. The van der Waals surface area contributed by atoms with Crippen molar-refractivity contribution in [3.63, 3.8) is 0 Å². The Bertz CT molecular complexity index is 836. The lowest BCUT2D eigenvalue weighted by atomic mass is 9.92. The van der Waals surface area contributed by atoms with Crippen molar-refractivity contribution in [1.82, 2.24) is 4.90 Å². The minimum atomic E-state index is -0.207. The number of rotatable bonds is 7. The van der Waals surface area contributed by atoms with Crippen LogP contribution in [-0.2, 0) is 11.2 Å². The molecule has 1 amide bonds. The molecule has 6 nitrogen and oxygen atoms in total. The van der Waals surface area contributed by atoms with Crippen molar-refractivity contribution in [2.75, 3.05) is 34.5 Å². The van der Waals surface area contributed by atoms with E-state index in [1.807, 2.05) is 48.2 Å². The van der Waals surface area contributed by atoms with Crippen LogP contribution in [-0.4, -0.2) is 45.3 Å². The van der Waals surface area contributed by atoms with Crippen LogP contribution in [0.15, 0.2) is 36.4 Å². The Hall–Kier alpha value is -2.89. The summed E-state index contributed by atoms with van der Waals surface area (Å²) in [5, 5.41) is 0. The van der Waals surface area contributed by atoms with Gasteiger partial charge in [-0.2, -0.15) is 0 Å². The second kappa shape index (κ2) is 8.87. The van der Waals surface area contributed by atoms with Gasteiger partial charge in [0.15, 0.2) is 23.0 Å². The zero-order chi connectivity index (χ0) is 20.1. The van der Waals surface area contributed by atoms with Gasteiger partial charge in [0.05, 0.1) is 27.4 Å². The third-order valence-corrected chi connectivity index (χ3v) is 5.09. The van der Waals surface area contributed by atoms with E-state index in [0.717, 1.165) is 17.5 Å². The normalized spacial score (nSPS) is 15.6. The molecule has 0 bridgehead atoms. The van der Waals surface area contributed by atoms with Gasteiger partial charge < -0.3 is 23.8 Å². The second-order valence-corrected chi connectivity index (χ2v) is 6.57. The van der Waals surface area contributed by atoms with E-state index in [1.165, 1.54) is 0 Å². The number of benzene rings is 2. The lowest BCUT2D eigenvalue weighted by Crippen LogP contribution is -2.42. The molecule has 0 spiro atoms. The summed E-state index contributed by atoms with van der Waals surface area (Å²) in [6.07, 6.45) is 1.22. The second-order valence-electron chi connectivity index (χ2n) is 6.57. The van der Waals surface area contributed by atoms with Crippen molar-refractivity contribution in [3.05, 3.63) is 47.5 Å². The van der Waals surface area contributed by atoms with Crippen molar-refractivity contribution < 1.29 is 23.7 Å². The topological polar surface area (TPSA) is 57.2 Å². The molecule has 0 saturated heterocycles. The molecule has 0 radical (unpaired) electrons. The molecular formula is C22H27NO5. The molecule has 1 aliphatic heterocycles. The SMILES string of the molecule is CCC(=O)N1CCc2cc(OC)c(OC)cc2[C@@H]1COc1ccccc1OC. The maximum absolute atomic E-state index is 12.6. The zero-order valence-corrected chi connectivity index (χ0v) is 16.9. The van der Waals surface area contributed by atoms with Gasteiger partial charge in [0.1, 0.15) is 6.61 Å². The third-order valence-electron chi connectivity index (χ3n) is 5.09. The lowest BCUT2D eigenvalue weighted by molar-refractivity contribution is -0.134. The van der Waals surface area contributed by atoms with Crippen LogP contribution in [0.3, 0.4) is 0 Å². The molecule has 1 atom stereocenters. The number of fused-ring (bicyclic) bond motifs is 1. The van der Waals surface area contributed by atoms with Crippen LogP contribution in [0.25, 0.3) is 0 Å². The summed E-state index contributed by atoms with van der Waals surface area (Å²) >= 11 is 0. The molecule has 0 unspecified atom stereocenters. The van der Waals surface area contributed by atoms with E-state index in [2.05, 4.69) is 0 Å². The predicted molar refractivity (Wildman–Crippen MR) is 106 cm³/mol. The van der Waals surface area contributed by atoms with Crippen LogP contribution in [0.2, 0.25) is 0 Å². The van der Waals surface area contributed by atoms with Gasteiger partial charge in [-0.1, -0.05) is 19.1 Å². The molecule has 1 heterocycles. The van der Waals surface area contributed by atoms with Gasteiger partial charge in [0.2, 0.25) is 5.91 Å².